The van der Waals surface area contributed by atoms with E-state index < -0.39 is 23.8 Å². The van der Waals surface area contributed by atoms with Crippen LogP contribution in [0, 0.1) is 19.8 Å². The number of carbonyl (C=O) groups is 3. The Balaban J connectivity index is 2.16. The lowest BCUT2D eigenvalue weighted by molar-refractivity contribution is -0.122. The summed E-state index contributed by atoms with van der Waals surface area (Å²) in [6, 6.07) is 7.65. The van der Waals surface area contributed by atoms with Crippen LogP contribution in [-0.4, -0.2) is 28.6 Å². The zero-order chi connectivity index (χ0) is 25.0. The molecule has 9 nitrogen and oxygen atoms in total. The Morgan fingerprint density at radius 2 is 1.91 bits per heavy atom. The topological polar surface area (TPSA) is 145 Å². The minimum absolute atomic E-state index is 0.0150. The third-order valence-corrected chi connectivity index (χ3v) is 6.40. The number of nitrogens with zero attached hydrogens (tertiary/aromatic N) is 2. The predicted octanol–water partition coefficient (Wildman–Crippen LogP) is 3.58. The molecule has 3 aromatic rings. The largest absolute Gasteiger partial charge is 0.467 e. The number of anilines is 2. The molecule has 0 fully saturated rings. The molecule has 0 aliphatic heterocycles. The average Bonchev–Trinajstić information content (AvgIpc) is 3.43. The number of hydrogen-bond acceptors (Lipinski definition) is 7. The molecule has 0 spiro atoms. The van der Waals surface area contributed by atoms with E-state index in [9.17, 15) is 14.4 Å². The van der Waals surface area contributed by atoms with Crippen LogP contribution in [0.5, 0.6) is 0 Å². The zero-order valence-electron chi connectivity index (χ0n) is 19.6. The Hall–Kier alpha value is -3.66. The van der Waals surface area contributed by atoms with Crippen molar-refractivity contribution in [2.75, 3.05) is 17.2 Å². The minimum Gasteiger partial charge on any atom is -0.467 e. The van der Waals surface area contributed by atoms with E-state index in [4.69, 9.17) is 15.9 Å². The molecule has 1 unspecified atom stereocenters. The van der Waals surface area contributed by atoms with Crippen molar-refractivity contribution in [2.24, 2.45) is 11.7 Å². The molecule has 3 amide bonds. The zero-order valence-corrected chi connectivity index (χ0v) is 20.4. The SMILES string of the molecule is Cc1cccc(N(C(=O)c2snc(C(N)=O)c2N)C(C(=O)NCCC(C)C)c2ccco2)c1C. The predicted molar refractivity (Wildman–Crippen MR) is 132 cm³/mol. The number of aromatic nitrogens is 1. The van der Waals surface area contributed by atoms with Crippen LogP contribution in [0.3, 0.4) is 0 Å². The van der Waals surface area contributed by atoms with Crippen LogP contribution in [0.15, 0.2) is 41.0 Å². The molecule has 0 aliphatic rings. The first-order valence-corrected chi connectivity index (χ1v) is 11.7. The van der Waals surface area contributed by atoms with Gasteiger partial charge in [0.15, 0.2) is 11.7 Å². The van der Waals surface area contributed by atoms with Crippen LogP contribution in [-0.2, 0) is 4.79 Å². The van der Waals surface area contributed by atoms with Crippen LogP contribution in [0.4, 0.5) is 11.4 Å². The van der Waals surface area contributed by atoms with Gasteiger partial charge in [-0.3, -0.25) is 19.3 Å². The molecular weight excluding hydrogens is 454 g/mol. The van der Waals surface area contributed by atoms with Gasteiger partial charge in [0, 0.05) is 12.2 Å². The summed E-state index contributed by atoms with van der Waals surface area (Å²) in [5, 5.41) is 2.92. The van der Waals surface area contributed by atoms with Gasteiger partial charge in [0.05, 0.1) is 12.0 Å². The number of rotatable bonds is 9. The number of aryl methyl sites for hydroxylation is 1. The number of amides is 3. The third-order valence-electron chi connectivity index (χ3n) is 5.55. The quantitative estimate of drug-likeness (QED) is 0.424. The van der Waals surface area contributed by atoms with Crippen molar-refractivity contribution < 1.29 is 18.8 Å². The van der Waals surface area contributed by atoms with E-state index in [0.717, 1.165) is 29.1 Å². The van der Waals surface area contributed by atoms with E-state index in [1.165, 1.54) is 11.2 Å². The Labute approximate surface area is 202 Å². The summed E-state index contributed by atoms with van der Waals surface area (Å²) < 4.78 is 9.56. The molecule has 1 atom stereocenters. The standard InChI is InChI=1S/C24H29N5O4S/c1-13(2)10-11-27-23(31)20(17-9-6-12-33-17)29(16-8-5-7-14(3)15(16)4)24(32)21-18(25)19(22(26)30)28-34-21/h5-9,12-13,20H,10-11,25H2,1-4H3,(H2,26,30)(H,27,31). The third kappa shape index (κ3) is 5.12. The van der Waals surface area contributed by atoms with E-state index in [1.54, 1.807) is 24.3 Å². The van der Waals surface area contributed by atoms with Crippen molar-refractivity contribution in [1.82, 2.24) is 9.69 Å². The molecular formula is C24H29N5O4S. The van der Waals surface area contributed by atoms with Gasteiger partial charge in [-0.25, -0.2) is 0 Å². The molecule has 3 rings (SSSR count). The molecule has 10 heteroatoms. The molecule has 0 saturated heterocycles. The normalized spacial score (nSPS) is 11.9. The van der Waals surface area contributed by atoms with Crippen LogP contribution >= 0.6 is 11.5 Å². The number of hydrogen-bond donors (Lipinski definition) is 3. The maximum atomic E-state index is 13.9. The summed E-state index contributed by atoms with van der Waals surface area (Å²) in [7, 11) is 0. The van der Waals surface area contributed by atoms with Crippen molar-refractivity contribution in [3.8, 4) is 0 Å². The summed E-state index contributed by atoms with van der Waals surface area (Å²) in [5.41, 5.74) is 13.4. The van der Waals surface area contributed by atoms with Gasteiger partial charge >= 0.3 is 0 Å². The van der Waals surface area contributed by atoms with E-state index in [2.05, 4.69) is 23.5 Å². The van der Waals surface area contributed by atoms with Gasteiger partial charge in [-0.15, -0.1) is 0 Å². The molecule has 0 radical (unpaired) electrons. The van der Waals surface area contributed by atoms with Gasteiger partial charge < -0.3 is 21.2 Å². The number of nitrogen functional groups attached to an aromatic ring is 1. The fraction of sp³-hybridized carbons (Fsp3) is 0.333. The summed E-state index contributed by atoms with van der Waals surface area (Å²) in [5.74, 6) is -1.14. The number of furan rings is 1. The molecule has 180 valence electrons. The number of nitrogens with two attached hydrogens (primary N) is 2. The van der Waals surface area contributed by atoms with E-state index in [-0.39, 0.29) is 22.0 Å². The monoisotopic (exact) mass is 483 g/mol. The number of nitrogens with one attached hydrogen (secondary N) is 1. The number of carbonyl (C=O) groups excluding carboxylic acids is 3. The fourth-order valence-electron chi connectivity index (χ4n) is 3.50. The fourth-order valence-corrected chi connectivity index (χ4v) is 4.24. The van der Waals surface area contributed by atoms with Crippen molar-refractivity contribution >= 4 is 40.6 Å². The average molecular weight is 484 g/mol. The van der Waals surface area contributed by atoms with Crippen molar-refractivity contribution in [3.05, 3.63) is 64.1 Å². The molecule has 34 heavy (non-hydrogen) atoms. The highest BCUT2D eigenvalue weighted by molar-refractivity contribution is 7.09. The number of primary amides is 1. The van der Waals surface area contributed by atoms with Gasteiger partial charge in [-0.2, -0.15) is 4.37 Å². The van der Waals surface area contributed by atoms with Crippen molar-refractivity contribution in [1.29, 1.82) is 0 Å². The lowest BCUT2D eigenvalue weighted by atomic mass is 10.0. The first kappa shape index (κ1) is 25.0. The Morgan fingerprint density at radius 1 is 1.18 bits per heavy atom. The number of benzene rings is 1. The lowest BCUT2D eigenvalue weighted by Gasteiger charge is -2.31. The molecule has 5 N–H and O–H groups in total. The Bertz CT molecular complexity index is 1190. The summed E-state index contributed by atoms with van der Waals surface area (Å²) in [6.45, 7) is 8.34. The second-order valence-corrected chi connectivity index (χ2v) is 9.20. The minimum atomic E-state index is -1.12. The van der Waals surface area contributed by atoms with E-state index in [0.29, 0.717) is 18.2 Å². The van der Waals surface area contributed by atoms with Crippen molar-refractivity contribution in [2.45, 2.75) is 40.2 Å². The Kier molecular flexibility index (Phi) is 7.72. The molecule has 0 bridgehead atoms. The second-order valence-electron chi connectivity index (χ2n) is 8.42. The van der Waals surface area contributed by atoms with Crippen LogP contribution in [0.1, 0.15) is 63.4 Å². The molecule has 0 aliphatic carbocycles. The molecule has 2 heterocycles. The first-order valence-electron chi connectivity index (χ1n) is 10.9. The maximum absolute atomic E-state index is 13.9. The molecule has 2 aromatic heterocycles. The van der Waals surface area contributed by atoms with Crippen LogP contribution < -0.4 is 21.7 Å². The maximum Gasteiger partial charge on any atom is 0.273 e. The van der Waals surface area contributed by atoms with Gasteiger partial charge in [0.25, 0.3) is 17.7 Å². The molecule has 1 aromatic carbocycles. The molecule has 0 saturated carbocycles. The van der Waals surface area contributed by atoms with E-state index >= 15 is 0 Å². The lowest BCUT2D eigenvalue weighted by Crippen LogP contribution is -2.44. The van der Waals surface area contributed by atoms with Gasteiger partial charge in [0.1, 0.15) is 10.6 Å². The highest BCUT2D eigenvalue weighted by atomic mass is 32.1. The second kappa shape index (κ2) is 10.5. The summed E-state index contributed by atoms with van der Waals surface area (Å²) in [6.07, 6.45) is 2.22. The smallest absolute Gasteiger partial charge is 0.273 e. The van der Waals surface area contributed by atoms with Gasteiger partial charge in [0.2, 0.25) is 0 Å². The highest BCUT2D eigenvalue weighted by Gasteiger charge is 2.38. The highest BCUT2D eigenvalue weighted by Crippen LogP contribution is 2.35. The van der Waals surface area contributed by atoms with E-state index in [1.807, 2.05) is 19.9 Å². The van der Waals surface area contributed by atoms with Gasteiger partial charge in [-0.05, 0) is 67.0 Å². The van der Waals surface area contributed by atoms with Gasteiger partial charge in [-0.1, -0.05) is 26.0 Å². The van der Waals surface area contributed by atoms with Crippen LogP contribution in [0.2, 0.25) is 0 Å². The van der Waals surface area contributed by atoms with Crippen LogP contribution in [0.25, 0.3) is 0 Å². The first-order chi connectivity index (χ1) is 16.1. The van der Waals surface area contributed by atoms with Crippen molar-refractivity contribution in [3.63, 3.8) is 0 Å². The summed E-state index contributed by atoms with van der Waals surface area (Å²) >= 11 is 0.764. The summed E-state index contributed by atoms with van der Waals surface area (Å²) in [4.78, 5) is 40.5. The Morgan fingerprint density at radius 3 is 2.50 bits per heavy atom.